The number of nitrogens with zero attached hydrogens (tertiary/aromatic N) is 2. The molecular weight excluding hydrogens is 310 g/mol. The number of carbonyl (C=O) groups excluding carboxylic acids is 1. The second kappa shape index (κ2) is 7.07. The molecule has 0 saturated carbocycles. The van der Waals surface area contributed by atoms with Crippen molar-refractivity contribution in [3.05, 3.63) is 33.9 Å². The molecule has 1 N–H and O–H groups in total. The summed E-state index contributed by atoms with van der Waals surface area (Å²) in [6, 6.07) is 5.13. The van der Waals surface area contributed by atoms with Crippen LogP contribution in [0.3, 0.4) is 0 Å². The fraction of sp³-hybridized carbons (Fsp3) is 0.588. The first-order valence-corrected chi connectivity index (χ1v) is 8.14. The van der Waals surface area contributed by atoms with Crippen LogP contribution in [0, 0.1) is 17.0 Å². The fourth-order valence-corrected chi connectivity index (χ4v) is 2.74. The number of amides is 1. The van der Waals surface area contributed by atoms with Crippen molar-refractivity contribution < 1.29 is 14.5 Å². The lowest BCUT2D eigenvalue weighted by molar-refractivity contribution is -0.384. The van der Waals surface area contributed by atoms with Crippen LogP contribution in [0.2, 0.25) is 0 Å². The highest BCUT2D eigenvalue weighted by Gasteiger charge is 2.27. The van der Waals surface area contributed by atoms with Crippen molar-refractivity contribution in [3.8, 4) is 0 Å². The Labute approximate surface area is 142 Å². The number of anilines is 1. The lowest BCUT2D eigenvalue weighted by Crippen LogP contribution is -2.44. The number of alkyl carbamates (subject to hydrolysis) is 1. The van der Waals surface area contributed by atoms with E-state index >= 15 is 0 Å². The Bertz CT molecular complexity index is 617. The normalized spacial score (nSPS) is 15.9. The molecule has 1 fully saturated rings. The summed E-state index contributed by atoms with van der Waals surface area (Å²) in [5, 5.41) is 14.0. The van der Waals surface area contributed by atoms with Gasteiger partial charge >= 0.3 is 6.09 Å². The number of hydrogen-bond donors (Lipinski definition) is 1. The maximum atomic E-state index is 11.8. The van der Waals surface area contributed by atoms with Crippen LogP contribution < -0.4 is 10.2 Å². The summed E-state index contributed by atoms with van der Waals surface area (Å²) < 4.78 is 5.44. The molecule has 0 atom stereocenters. The van der Waals surface area contributed by atoms with Crippen molar-refractivity contribution in [2.45, 2.75) is 52.2 Å². The molecule has 1 aliphatic rings. The summed E-state index contributed by atoms with van der Waals surface area (Å²) >= 11 is 0. The summed E-state index contributed by atoms with van der Waals surface area (Å²) in [5.74, 6) is 0. The van der Waals surface area contributed by atoms with Crippen LogP contribution >= 0.6 is 0 Å². The SMILES string of the molecule is Cc1ccc([N+](=O)[O-])c(N2CCC(OC(=O)NC(C)(C)C)CC2)c1. The summed E-state index contributed by atoms with van der Waals surface area (Å²) in [7, 11) is 0. The first-order chi connectivity index (χ1) is 11.2. The van der Waals surface area contributed by atoms with Gasteiger partial charge in [-0.25, -0.2) is 4.79 Å². The highest BCUT2D eigenvalue weighted by molar-refractivity contribution is 5.68. The van der Waals surface area contributed by atoms with E-state index in [9.17, 15) is 14.9 Å². The Kier molecular flexibility index (Phi) is 5.31. The van der Waals surface area contributed by atoms with E-state index in [-0.39, 0.29) is 22.3 Å². The molecule has 2 rings (SSSR count). The predicted molar refractivity (Wildman–Crippen MR) is 92.4 cm³/mol. The molecule has 132 valence electrons. The third kappa shape index (κ3) is 4.84. The second-order valence-corrected chi connectivity index (χ2v) is 7.22. The number of carbonyl (C=O) groups is 1. The molecule has 0 radical (unpaired) electrons. The zero-order chi connectivity index (χ0) is 17.9. The molecule has 1 aromatic rings. The Morgan fingerprint density at radius 1 is 1.33 bits per heavy atom. The van der Waals surface area contributed by atoms with Crippen LogP contribution in [0.5, 0.6) is 0 Å². The fourth-order valence-electron chi connectivity index (χ4n) is 2.74. The van der Waals surface area contributed by atoms with E-state index in [1.165, 1.54) is 0 Å². The van der Waals surface area contributed by atoms with Gasteiger partial charge in [0.25, 0.3) is 5.69 Å². The Morgan fingerprint density at radius 2 is 1.96 bits per heavy atom. The summed E-state index contributed by atoms with van der Waals surface area (Å²) in [6.07, 6.45) is 0.737. The molecule has 0 aliphatic carbocycles. The molecule has 1 heterocycles. The van der Waals surface area contributed by atoms with Gasteiger partial charge in [-0.15, -0.1) is 0 Å². The van der Waals surface area contributed by atoms with Crippen molar-refractivity contribution in [3.63, 3.8) is 0 Å². The van der Waals surface area contributed by atoms with Gasteiger partial charge in [-0.2, -0.15) is 0 Å². The number of rotatable bonds is 3. The summed E-state index contributed by atoms with van der Waals surface area (Å²) in [6.45, 7) is 8.85. The average Bonchev–Trinajstić information content (AvgIpc) is 2.45. The first kappa shape index (κ1) is 18.0. The van der Waals surface area contributed by atoms with Gasteiger partial charge in [-0.05, 0) is 39.3 Å². The number of nitro benzene ring substituents is 1. The lowest BCUT2D eigenvalue weighted by atomic mass is 10.1. The van der Waals surface area contributed by atoms with Crippen LogP contribution in [0.15, 0.2) is 18.2 Å². The molecule has 1 saturated heterocycles. The van der Waals surface area contributed by atoms with Crippen LogP contribution in [-0.4, -0.2) is 35.7 Å². The molecule has 0 unspecified atom stereocenters. The molecule has 0 spiro atoms. The summed E-state index contributed by atoms with van der Waals surface area (Å²) in [5.41, 5.74) is 1.40. The number of nitro groups is 1. The van der Waals surface area contributed by atoms with Gasteiger partial charge in [0.1, 0.15) is 11.8 Å². The minimum absolute atomic E-state index is 0.116. The minimum Gasteiger partial charge on any atom is -0.446 e. The Hall–Kier alpha value is -2.31. The van der Waals surface area contributed by atoms with Crippen molar-refractivity contribution in [2.75, 3.05) is 18.0 Å². The Balaban J connectivity index is 1.97. The van der Waals surface area contributed by atoms with E-state index in [0.717, 1.165) is 5.56 Å². The lowest BCUT2D eigenvalue weighted by Gasteiger charge is -2.33. The van der Waals surface area contributed by atoms with E-state index in [1.807, 2.05) is 38.7 Å². The zero-order valence-electron chi connectivity index (χ0n) is 14.7. The molecule has 0 aromatic heterocycles. The molecule has 0 bridgehead atoms. The van der Waals surface area contributed by atoms with Gasteiger partial charge in [0.15, 0.2) is 0 Å². The van der Waals surface area contributed by atoms with Crippen molar-refractivity contribution in [1.82, 2.24) is 5.32 Å². The Morgan fingerprint density at radius 3 is 2.50 bits per heavy atom. The van der Waals surface area contributed by atoms with Gasteiger partial charge < -0.3 is 15.0 Å². The van der Waals surface area contributed by atoms with Crippen molar-refractivity contribution in [1.29, 1.82) is 0 Å². The number of nitrogens with one attached hydrogen (secondary N) is 1. The quantitative estimate of drug-likeness (QED) is 0.676. The van der Waals surface area contributed by atoms with E-state index in [4.69, 9.17) is 4.74 Å². The largest absolute Gasteiger partial charge is 0.446 e. The highest BCUT2D eigenvalue weighted by Crippen LogP contribution is 2.31. The maximum absolute atomic E-state index is 11.8. The highest BCUT2D eigenvalue weighted by atomic mass is 16.6. The average molecular weight is 335 g/mol. The van der Waals surface area contributed by atoms with E-state index < -0.39 is 6.09 Å². The molecule has 1 aliphatic heterocycles. The van der Waals surface area contributed by atoms with Crippen LogP contribution in [0.25, 0.3) is 0 Å². The standard InChI is InChI=1S/C17H25N3O4/c1-12-5-6-14(20(22)23)15(11-12)19-9-7-13(8-10-19)24-16(21)18-17(2,3)4/h5-6,11,13H,7-10H2,1-4H3,(H,18,21). The van der Waals surface area contributed by atoms with Crippen LogP contribution in [0.4, 0.5) is 16.2 Å². The predicted octanol–water partition coefficient (Wildman–Crippen LogP) is 3.40. The van der Waals surface area contributed by atoms with E-state index in [0.29, 0.717) is 31.6 Å². The molecule has 7 heteroatoms. The van der Waals surface area contributed by atoms with Gasteiger partial charge in [0, 0.05) is 37.5 Å². The number of hydrogen-bond acceptors (Lipinski definition) is 5. The number of aryl methyl sites for hydroxylation is 1. The van der Waals surface area contributed by atoms with Gasteiger partial charge in [0.05, 0.1) is 4.92 Å². The monoisotopic (exact) mass is 335 g/mol. The third-order valence-corrected chi connectivity index (χ3v) is 3.86. The van der Waals surface area contributed by atoms with E-state index in [1.54, 1.807) is 12.1 Å². The third-order valence-electron chi connectivity index (χ3n) is 3.86. The van der Waals surface area contributed by atoms with Gasteiger partial charge in [0.2, 0.25) is 0 Å². The van der Waals surface area contributed by atoms with E-state index in [2.05, 4.69) is 5.32 Å². The topological polar surface area (TPSA) is 84.7 Å². The molecular formula is C17H25N3O4. The van der Waals surface area contributed by atoms with Crippen molar-refractivity contribution in [2.24, 2.45) is 0 Å². The van der Waals surface area contributed by atoms with Gasteiger partial charge in [-0.1, -0.05) is 6.07 Å². The number of piperidine rings is 1. The van der Waals surface area contributed by atoms with Crippen molar-refractivity contribution >= 4 is 17.5 Å². The maximum Gasteiger partial charge on any atom is 0.407 e. The molecule has 24 heavy (non-hydrogen) atoms. The molecule has 7 nitrogen and oxygen atoms in total. The second-order valence-electron chi connectivity index (χ2n) is 7.22. The smallest absolute Gasteiger partial charge is 0.407 e. The number of ether oxygens (including phenoxy) is 1. The summed E-state index contributed by atoms with van der Waals surface area (Å²) in [4.78, 5) is 24.7. The molecule has 1 aromatic carbocycles. The molecule has 1 amide bonds. The zero-order valence-corrected chi connectivity index (χ0v) is 14.7. The van der Waals surface area contributed by atoms with Crippen LogP contribution in [-0.2, 0) is 4.74 Å². The minimum atomic E-state index is -0.414. The van der Waals surface area contributed by atoms with Gasteiger partial charge in [-0.3, -0.25) is 10.1 Å². The van der Waals surface area contributed by atoms with Crippen LogP contribution in [0.1, 0.15) is 39.2 Å². The number of benzene rings is 1. The first-order valence-electron chi connectivity index (χ1n) is 8.14.